The molecule has 0 aliphatic carbocycles. The number of rotatable bonds is 10. The molecular formula is C27H39Cl2N3O6. The van der Waals surface area contributed by atoms with Gasteiger partial charge in [0, 0.05) is 24.2 Å². The molecule has 2 fully saturated rings. The molecule has 4 rings (SSSR count). The number of amides is 1. The van der Waals surface area contributed by atoms with Crippen LogP contribution < -0.4 is 48.8 Å². The summed E-state index contributed by atoms with van der Waals surface area (Å²) in [5, 5.41) is 10.7. The number of nitrogens with one attached hydrogen (secondary N) is 2. The maximum atomic E-state index is 12.9. The lowest BCUT2D eigenvalue weighted by atomic mass is 10.1. The Bertz CT molecular complexity index is 961. The molecule has 1 amide bonds. The second kappa shape index (κ2) is 16.0. The highest BCUT2D eigenvalue weighted by Gasteiger charge is 2.27. The Hall–Kier alpha value is -2.27. The van der Waals surface area contributed by atoms with Crippen LogP contribution in [0.25, 0.3) is 0 Å². The zero-order chi connectivity index (χ0) is 25.3. The van der Waals surface area contributed by atoms with E-state index in [4.69, 9.17) is 18.9 Å². The molecule has 2 aliphatic rings. The third-order valence-electron chi connectivity index (χ3n) is 6.91. The average Bonchev–Trinajstić information content (AvgIpc) is 2.93. The molecule has 1 atom stereocenters. The Labute approximate surface area is 237 Å². The molecule has 0 radical (unpaired) electrons. The van der Waals surface area contributed by atoms with Gasteiger partial charge in [-0.2, -0.15) is 0 Å². The maximum Gasteiger partial charge on any atom is 0.254 e. The molecule has 2 heterocycles. The number of aliphatic hydroxyl groups excluding tert-OH is 1. The van der Waals surface area contributed by atoms with E-state index in [1.807, 2.05) is 0 Å². The van der Waals surface area contributed by atoms with Crippen LogP contribution >= 0.6 is 0 Å². The molecule has 0 bridgehead atoms. The Balaban J connectivity index is 0.00000253. The van der Waals surface area contributed by atoms with Gasteiger partial charge in [-0.1, -0.05) is 30.3 Å². The second-order valence-electron chi connectivity index (χ2n) is 9.45. The van der Waals surface area contributed by atoms with Crippen molar-refractivity contribution in [2.75, 3.05) is 79.9 Å². The van der Waals surface area contributed by atoms with Crippen molar-refractivity contribution in [3.63, 3.8) is 0 Å². The normalized spacial score (nSPS) is 19.9. The molecule has 3 N–H and O–H groups in total. The lowest BCUT2D eigenvalue weighted by molar-refractivity contribution is -1.02. The molecule has 0 spiro atoms. The first kappa shape index (κ1) is 31.9. The van der Waals surface area contributed by atoms with Crippen LogP contribution in [0.3, 0.4) is 0 Å². The van der Waals surface area contributed by atoms with Crippen LogP contribution in [-0.2, 0) is 11.3 Å². The summed E-state index contributed by atoms with van der Waals surface area (Å²) in [4.78, 5) is 17.7. The second-order valence-corrected chi connectivity index (χ2v) is 9.45. The summed E-state index contributed by atoms with van der Waals surface area (Å²) in [6.45, 7) is 8.16. The lowest BCUT2D eigenvalue weighted by Gasteiger charge is -2.31. The zero-order valence-corrected chi connectivity index (χ0v) is 23.6. The largest absolute Gasteiger partial charge is 1.00 e. The first-order valence-corrected chi connectivity index (χ1v) is 12.7. The molecule has 2 aromatic rings. The SMILES string of the molecule is COc1cc(C(=O)N2CCOCC2)cc(OC)c1OCC(O)C[NH+]1CC[NH+](Cc2ccccc2)CC1.[Cl-].[Cl-]. The van der Waals surface area contributed by atoms with Gasteiger partial charge in [0.15, 0.2) is 11.5 Å². The minimum atomic E-state index is -0.625. The molecule has 2 aromatic carbocycles. The summed E-state index contributed by atoms with van der Waals surface area (Å²) in [6, 6.07) is 13.9. The fourth-order valence-electron chi connectivity index (χ4n) is 4.89. The van der Waals surface area contributed by atoms with Crippen molar-refractivity contribution in [3.05, 3.63) is 53.6 Å². The molecule has 9 nitrogen and oxygen atoms in total. The smallest absolute Gasteiger partial charge is 0.254 e. The number of benzene rings is 2. The summed E-state index contributed by atoms with van der Waals surface area (Å²) in [5.41, 5.74) is 1.84. The van der Waals surface area contributed by atoms with E-state index in [9.17, 15) is 9.90 Å². The van der Waals surface area contributed by atoms with Crippen molar-refractivity contribution in [3.8, 4) is 17.2 Å². The monoisotopic (exact) mass is 571 g/mol. The van der Waals surface area contributed by atoms with Crippen LogP contribution in [0.2, 0.25) is 0 Å². The first-order chi connectivity index (χ1) is 17.6. The lowest BCUT2D eigenvalue weighted by Crippen LogP contribution is -3.28. The summed E-state index contributed by atoms with van der Waals surface area (Å²) in [7, 11) is 3.06. The predicted octanol–water partition coefficient (Wildman–Crippen LogP) is -7.09. The van der Waals surface area contributed by atoms with Gasteiger partial charge < -0.3 is 63.6 Å². The zero-order valence-electron chi connectivity index (χ0n) is 22.1. The molecule has 0 saturated carbocycles. The minimum Gasteiger partial charge on any atom is -1.00 e. The number of hydrogen-bond acceptors (Lipinski definition) is 6. The number of ether oxygens (including phenoxy) is 4. The molecule has 2 saturated heterocycles. The Morgan fingerprint density at radius 1 is 0.974 bits per heavy atom. The van der Waals surface area contributed by atoms with Crippen LogP contribution in [0, 0.1) is 0 Å². The van der Waals surface area contributed by atoms with E-state index in [0.717, 1.165) is 32.7 Å². The van der Waals surface area contributed by atoms with Crippen LogP contribution in [-0.4, -0.2) is 102 Å². The van der Waals surface area contributed by atoms with Gasteiger partial charge in [0.2, 0.25) is 5.75 Å². The molecule has 0 aromatic heterocycles. The van der Waals surface area contributed by atoms with Crippen LogP contribution in [0.15, 0.2) is 42.5 Å². The fourth-order valence-corrected chi connectivity index (χ4v) is 4.89. The first-order valence-electron chi connectivity index (χ1n) is 12.7. The molecule has 38 heavy (non-hydrogen) atoms. The number of carbonyl (C=O) groups excluding carboxylic acids is 1. The van der Waals surface area contributed by atoms with Crippen molar-refractivity contribution in [1.82, 2.24) is 4.90 Å². The fraction of sp³-hybridized carbons (Fsp3) is 0.519. The predicted molar refractivity (Wildman–Crippen MR) is 134 cm³/mol. The number of piperazine rings is 1. The summed E-state index contributed by atoms with van der Waals surface area (Å²) in [6.07, 6.45) is -0.625. The van der Waals surface area contributed by atoms with E-state index in [-0.39, 0.29) is 37.3 Å². The summed E-state index contributed by atoms with van der Waals surface area (Å²) >= 11 is 0. The van der Waals surface area contributed by atoms with Gasteiger partial charge in [-0.15, -0.1) is 0 Å². The van der Waals surface area contributed by atoms with Gasteiger partial charge in [0.25, 0.3) is 5.91 Å². The van der Waals surface area contributed by atoms with Crippen molar-refractivity contribution >= 4 is 5.91 Å². The number of morpholine rings is 1. The van der Waals surface area contributed by atoms with Crippen LogP contribution in [0.4, 0.5) is 0 Å². The highest BCUT2D eigenvalue weighted by atomic mass is 35.5. The van der Waals surface area contributed by atoms with Crippen molar-refractivity contribution < 1.29 is 63.5 Å². The summed E-state index contributed by atoms with van der Waals surface area (Å²) in [5.74, 6) is 1.11. The molecule has 212 valence electrons. The van der Waals surface area contributed by atoms with Gasteiger partial charge in [0.1, 0.15) is 52.0 Å². The third kappa shape index (κ3) is 8.62. The van der Waals surface area contributed by atoms with E-state index in [0.29, 0.717) is 55.7 Å². The minimum absolute atomic E-state index is 0. The van der Waals surface area contributed by atoms with Crippen molar-refractivity contribution in [2.24, 2.45) is 0 Å². The highest BCUT2D eigenvalue weighted by molar-refractivity contribution is 5.95. The van der Waals surface area contributed by atoms with E-state index < -0.39 is 6.10 Å². The van der Waals surface area contributed by atoms with Crippen molar-refractivity contribution in [2.45, 2.75) is 12.6 Å². The number of carbonyl (C=O) groups is 1. The molecule has 1 unspecified atom stereocenters. The number of aliphatic hydroxyl groups is 1. The Morgan fingerprint density at radius 2 is 1.55 bits per heavy atom. The maximum absolute atomic E-state index is 12.9. The summed E-state index contributed by atoms with van der Waals surface area (Å²) < 4.78 is 22.4. The number of quaternary nitrogens is 2. The van der Waals surface area contributed by atoms with Gasteiger partial charge >= 0.3 is 0 Å². The van der Waals surface area contributed by atoms with Crippen LogP contribution in [0.1, 0.15) is 15.9 Å². The van der Waals surface area contributed by atoms with Gasteiger partial charge in [-0.3, -0.25) is 4.79 Å². The number of methoxy groups -OCH3 is 2. The third-order valence-corrected chi connectivity index (χ3v) is 6.91. The number of halogens is 2. The topological polar surface area (TPSA) is 86.3 Å². The quantitative estimate of drug-likeness (QED) is 0.263. The standard InChI is InChI=1S/C27H37N3O6.2ClH/c1-33-24-16-22(27(32)30-12-14-35-15-13-30)17-25(34-2)26(24)36-20-23(31)19-29-10-8-28(9-11-29)18-21-6-4-3-5-7-21;;/h3-7,16-17,23,31H,8-15,18-20H2,1-2H3;2*1H. The van der Waals surface area contributed by atoms with E-state index in [1.54, 1.807) is 21.9 Å². The average molecular weight is 573 g/mol. The molecular weight excluding hydrogens is 533 g/mol. The molecule has 2 aliphatic heterocycles. The van der Waals surface area contributed by atoms with Crippen molar-refractivity contribution in [1.29, 1.82) is 0 Å². The van der Waals surface area contributed by atoms with E-state index in [1.165, 1.54) is 24.7 Å². The molecule has 11 heteroatoms. The van der Waals surface area contributed by atoms with Gasteiger partial charge in [-0.05, 0) is 12.1 Å². The number of nitrogens with zero attached hydrogens (tertiary/aromatic N) is 1. The van der Waals surface area contributed by atoms with Gasteiger partial charge in [-0.25, -0.2) is 0 Å². The van der Waals surface area contributed by atoms with E-state index >= 15 is 0 Å². The van der Waals surface area contributed by atoms with Crippen LogP contribution in [0.5, 0.6) is 17.2 Å². The van der Waals surface area contributed by atoms with E-state index in [2.05, 4.69) is 30.3 Å². The highest BCUT2D eigenvalue weighted by Crippen LogP contribution is 2.39. The Morgan fingerprint density at radius 3 is 2.13 bits per heavy atom. The number of hydrogen-bond donors (Lipinski definition) is 3. The van der Waals surface area contributed by atoms with Gasteiger partial charge in [0.05, 0.1) is 27.4 Å². The Kier molecular flexibility index (Phi) is 13.4.